The number of phenolic OH excluding ortho intramolecular Hbond substituents is 1. The minimum absolute atomic E-state index is 0.142. The van der Waals surface area contributed by atoms with Gasteiger partial charge in [-0.25, -0.2) is 9.59 Å². The zero-order valence-corrected chi connectivity index (χ0v) is 15.2. The summed E-state index contributed by atoms with van der Waals surface area (Å²) in [5, 5.41) is 16.1. The summed E-state index contributed by atoms with van der Waals surface area (Å²) in [6.45, 7) is 5.56. The van der Waals surface area contributed by atoms with Gasteiger partial charge in [-0.1, -0.05) is 25.4 Å². The van der Waals surface area contributed by atoms with Gasteiger partial charge in [0, 0.05) is 22.3 Å². The van der Waals surface area contributed by atoms with Crippen molar-refractivity contribution >= 4 is 23.6 Å². The van der Waals surface area contributed by atoms with Crippen molar-refractivity contribution in [2.45, 2.75) is 26.8 Å². The molecule has 8 heteroatoms. The van der Waals surface area contributed by atoms with Crippen molar-refractivity contribution in [1.82, 2.24) is 10.6 Å². The van der Waals surface area contributed by atoms with Crippen LogP contribution in [0.4, 0.5) is 4.79 Å². The van der Waals surface area contributed by atoms with E-state index in [2.05, 4.69) is 10.6 Å². The number of methoxy groups -OCH3 is 1. The molecule has 1 aromatic rings. The van der Waals surface area contributed by atoms with Gasteiger partial charge in [0.2, 0.25) is 0 Å². The van der Waals surface area contributed by atoms with Crippen LogP contribution in [0, 0.1) is 5.92 Å². The number of allylic oxidation sites excluding steroid dienone is 1. The van der Waals surface area contributed by atoms with E-state index in [9.17, 15) is 14.7 Å². The summed E-state index contributed by atoms with van der Waals surface area (Å²) in [4.78, 5) is 24.6. The van der Waals surface area contributed by atoms with Gasteiger partial charge in [-0.2, -0.15) is 0 Å². The minimum Gasteiger partial charge on any atom is -0.504 e. The van der Waals surface area contributed by atoms with Gasteiger partial charge in [0.05, 0.1) is 25.3 Å². The lowest BCUT2D eigenvalue weighted by Crippen LogP contribution is -2.47. The van der Waals surface area contributed by atoms with E-state index in [0.29, 0.717) is 10.7 Å². The number of hydrogen-bond donors (Lipinski definition) is 3. The average molecular weight is 369 g/mol. The number of phenols is 1. The molecule has 0 aliphatic carbocycles. The van der Waals surface area contributed by atoms with Gasteiger partial charge in [-0.3, -0.25) is 0 Å². The Morgan fingerprint density at radius 2 is 2.08 bits per heavy atom. The summed E-state index contributed by atoms with van der Waals surface area (Å²) in [7, 11) is 1.39. The molecular weight excluding hydrogens is 348 g/mol. The Balaban J connectivity index is 2.68. The average Bonchev–Trinajstić information content (AvgIpc) is 2.55. The van der Waals surface area contributed by atoms with Crippen molar-refractivity contribution in [3.05, 3.63) is 34.0 Å². The van der Waals surface area contributed by atoms with E-state index < -0.39 is 18.0 Å². The maximum atomic E-state index is 12.5. The molecule has 1 heterocycles. The van der Waals surface area contributed by atoms with E-state index in [1.807, 2.05) is 13.8 Å². The van der Waals surface area contributed by atoms with Crippen molar-refractivity contribution in [2.75, 3.05) is 13.7 Å². The number of nitrogens with one attached hydrogen (secondary N) is 2. The number of hydrogen-bond acceptors (Lipinski definition) is 5. The first-order valence-corrected chi connectivity index (χ1v) is 8.23. The number of amides is 2. The van der Waals surface area contributed by atoms with E-state index >= 15 is 0 Å². The van der Waals surface area contributed by atoms with E-state index in [0.717, 1.165) is 0 Å². The van der Waals surface area contributed by atoms with Crippen molar-refractivity contribution in [1.29, 1.82) is 0 Å². The second-order valence-electron chi connectivity index (χ2n) is 5.78. The maximum Gasteiger partial charge on any atom is 0.338 e. The summed E-state index contributed by atoms with van der Waals surface area (Å²) in [6, 6.07) is 1.52. The Bertz CT molecular complexity index is 730. The second-order valence-corrected chi connectivity index (χ2v) is 6.22. The molecule has 1 aliphatic rings. The predicted molar refractivity (Wildman–Crippen MR) is 92.6 cm³/mol. The Hall–Kier alpha value is -2.41. The van der Waals surface area contributed by atoms with Crippen molar-refractivity contribution < 1.29 is 24.2 Å². The zero-order valence-electron chi connectivity index (χ0n) is 14.5. The Labute approximate surface area is 150 Å². The fourth-order valence-electron chi connectivity index (χ4n) is 2.68. The first-order chi connectivity index (χ1) is 11.8. The molecule has 1 aliphatic heterocycles. The van der Waals surface area contributed by atoms with Crippen molar-refractivity contribution in [3.8, 4) is 11.5 Å². The lowest BCUT2D eigenvalue weighted by atomic mass is 9.91. The van der Waals surface area contributed by atoms with Crippen LogP contribution in [0.25, 0.3) is 0 Å². The molecule has 7 nitrogen and oxygen atoms in total. The molecular formula is C17H21ClN2O5. The summed E-state index contributed by atoms with van der Waals surface area (Å²) < 4.78 is 10.2. The number of esters is 1. The topological polar surface area (TPSA) is 96.9 Å². The summed E-state index contributed by atoms with van der Waals surface area (Å²) in [5.41, 5.74) is 0.905. The Morgan fingerprint density at radius 3 is 2.64 bits per heavy atom. The number of carbonyl (C=O) groups excluding carboxylic acids is 2. The van der Waals surface area contributed by atoms with Crippen LogP contribution in [-0.2, 0) is 9.53 Å². The number of halogens is 1. The molecule has 0 saturated carbocycles. The molecule has 3 N–H and O–H groups in total. The van der Waals surface area contributed by atoms with Crippen LogP contribution in [0.5, 0.6) is 11.5 Å². The lowest BCUT2D eigenvalue weighted by molar-refractivity contribution is -0.139. The fraction of sp³-hybridized carbons (Fsp3) is 0.412. The number of urea groups is 1. The van der Waals surface area contributed by atoms with Crippen LogP contribution < -0.4 is 15.4 Å². The normalized spacial score (nSPS) is 17.2. The van der Waals surface area contributed by atoms with Crippen LogP contribution in [0.2, 0.25) is 5.02 Å². The Kier molecular flexibility index (Phi) is 5.79. The van der Waals surface area contributed by atoms with Crippen molar-refractivity contribution in [3.63, 3.8) is 0 Å². The SMILES string of the molecule is CCOC(=O)C1=C(C(C)C)NC(=O)NC1c1cc(Cl)cc(OC)c1O. The fourth-order valence-corrected chi connectivity index (χ4v) is 2.90. The Morgan fingerprint density at radius 1 is 1.40 bits per heavy atom. The number of aromatic hydroxyl groups is 1. The van der Waals surface area contributed by atoms with Crippen molar-refractivity contribution in [2.24, 2.45) is 5.92 Å². The lowest BCUT2D eigenvalue weighted by Gasteiger charge is -2.31. The molecule has 0 aromatic heterocycles. The number of rotatable bonds is 5. The summed E-state index contributed by atoms with van der Waals surface area (Å²) >= 11 is 6.09. The van der Waals surface area contributed by atoms with E-state index in [1.54, 1.807) is 6.92 Å². The second kappa shape index (κ2) is 7.65. The predicted octanol–water partition coefficient (Wildman–Crippen LogP) is 2.88. The van der Waals surface area contributed by atoms with Gasteiger partial charge < -0.3 is 25.2 Å². The third-order valence-electron chi connectivity index (χ3n) is 3.78. The highest BCUT2D eigenvalue weighted by atomic mass is 35.5. The molecule has 0 spiro atoms. The maximum absolute atomic E-state index is 12.5. The standard InChI is InChI=1S/C17H21ClN2O5/c1-5-25-16(22)12-13(8(2)3)19-17(23)20-14(12)10-6-9(18)7-11(24-4)15(10)21/h6-8,14,21H,5H2,1-4H3,(H2,19,20,23). The van der Waals surface area contributed by atoms with Crippen LogP contribution in [0.1, 0.15) is 32.4 Å². The third-order valence-corrected chi connectivity index (χ3v) is 3.99. The molecule has 1 atom stereocenters. The molecule has 2 rings (SSSR count). The smallest absolute Gasteiger partial charge is 0.338 e. The molecule has 1 aromatic carbocycles. The van der Waals surface area contributed by atoms with Gasteiger partial charge in [0.1, 0.15) is 0 Å². The highest BCUT2D eigenvalue weighted by molar-refractivity contribution is 6.30. The van der Waals surface area contributed by atoms with Gasteiger partial charge in [-0.15, -0.1) is 0 Å². The van der Waals surface area contributed by atoms with E-state index in [-0.39, 0.29) is 35.2 Å². The van der Waals surface area contributed by atoms with E-state index in [1.165, 1.54) is 19.2 Å². The van der Waals surface area contributed by atoms with Crippen LogP contribution >= 0.6 is 11.6 Å². The third kappa shape index (κ3) is 3.82. The monoisotopic (exact) mass is 368 g/mol. The van der Waals surface area contributed by atoms with E-state index in [4.69, 9.17) is 21.1 Å². The first kappa shape index (κ1) is 18.9. The molecule has 25 heavy (non-hydrogen) atoms. The van der Waals surface area contributed by atoms with Gasteiger partial charge in [0.15, 0.2) is 11.5 Å². The molecule has 2 amide bonds. The van der Waals surface area contributed by atoms with Crippen LogP contribution in [-0.4, -0.2) is 30.8 Å². The molecule has 0 bridgehead atoms. The highest BCUT2D eigenvalue weighted by Crippen LogP contribution is 2.41. The van der Waals surface area contributed by atoms with Crippen LogP contribution in [0.15, 0.2) is 23.4 Å². The van der Waals surface area contributed by atoms with Gasteiger partial charge in [-0.05, 0) is 18.9 Å². The zero-order chi connectivity index (χ0) is 18.7. The minimum atomic E-state index is -0.919. The summed E-state index contributed by atoms with van der Waals surface area (Å²) in [6.07, 6.45) is 0. The number of carbonyl (C=O) groups is 2. The van der Waals surface area contributed by atoms with Gasteiger partial charge in [0.25, 0.3) is 0 Å². The summed E-state index contributed by atoms with van der Waals surface area (Å²) in [5.74, 6) is -0.785. The van der Waals surface area contributed by atoms with Gasteiger partial charge >= 0.3 is 12.0 Å². The highest BCUT2D eigenvalue weighted by Gasteiger charge is 2.36. The molecule has 136 valence electrons. The molecule has 0 fully saturated rings. The van der Waals surface area contributed by atoms with Crippen LogP contribution in [0.3, 0.4) is 0 Å². The first-order valence-electron chi connectivity index (χ1n) is 7.85. The largest absolute Gasteiger partial charge is 0.504 e. The quantitative estimate of drug-likeness (QED) is 0.694. The number of benzene rings is 1. The molecule has 1 unspecified atom stereocenters. The molecule has 0 saturated heterocycles. The number of ether oxygens (including phenoxy) is 2. The molecule has 0 radical (unpaired) electrons.